The zero-order chi connectivity index (χ0) is 50.0. The number of aliphatic hydroxyl groups is 1. The molecule has 15 N–H and O–H groups in total. The number of amides is 10. The average Bonchev–Trinajstić information content (AvgIpc) is 3.77. The van der Waals surface area contributed by atoms with Crippen LogP contribution in [-0.4, -0.2) is 154 Å². The summed E-state index contributed by atoms with van der Waals surface area (Å²) in [6, 6.07) is -4.77. The summed E-state index contributed by atoms with van der Waals surface area (Å²) in [6.07, 6.45) is -0.129. The van der Waals surface area contributed by atoms with Gasteiger partial charge in [-0.2, -0.15) is 0 Å². The summed E-state index contributed by atoms with van der Waals surface area (Å²) in [5.74, 6) is -9.24. The molecule has 67 heavy (non-hydrogen) atoms. The van der Waals surface area contributed by atoms with Crippen molar-refractivity contribution in [2.24, 2.45) is 29.0 Å². The highest BCUT2D eigenvalue weighted by Crippen LogP contribution is 2.26. The first-order valence-electron chi connectivity index (χ1n) is 22.0. The smallest absolute Gasteiger partial charge is 0.246 e. The van der Waals surface area contributed by atoms with E-state index in [2.05, 4.69) is 37.2 Å². The molecule has 10 amide bonds. The molecule has 1 aromatic carbocycles. The number of hydrogen-bond donors (Lipinski definition) is 12. The van der Waals surface area contributed by atoms with Crippen LogP contribution < -0.4 is 54.4 Å². The predicted octanol–water partition coefficient (Wildman–Crippen LogP) is -3.49. The molecular formula is C42H65N11O12S2. The number of nitrogens with two attached hydrogens (primary N) is 3. The number of benzene rings is 1. The van der Waals surface area contributed by atoms with Gasteiger partial charge in [-0.1, -0.05) is 67.8 Å². The molecule has 23 nitrogen and oxygen atoms in total. The second-order valence-electron chi connectivity index (χ2n) is 16.9. The van der Waals surface area contributed by atoms with Gasteiger partial charge in [-0.05, 0) is 55.2 Å². The molecular weight excluding hydrogens is 915 g/mol. The van der Waals surface area contributed by atoms with Crippen molar-refractivity contribution in [1.82, 2.24) is 42.1 Å². The van der Waals surface area contributed by atoms with Crippen LogP contribution in [0.5, 0.6) is 5.75 Å². The van der Waals surface area contributed by atoms with E-state index in [-0.39, 0.29) is 55.4 Å². The highest BCUT2D eigenvalue weighted by molar-refractivity contribution is 8.76. The van der Waals surface area contributed by atoms with Gasteiger partial charge >= 0.3 is 0 Å². The van der Waals surface area contributed by atoms with Crippen LogP contribution >= 0.6 is 21.6 Å². The fourth-order valence-corrected chi connectivity index (χ4v) is 9.46. The summed E-state index contributed by atoms with van der Waals surface area (Å²) in [5.41, 5.74) is 17.5. The molecule has 2 aliphatic rings. The Kier molecular flexibility index (Phi) is 22.6. The molecule has 1 aromatic rings. The van der Waals surface area contributed by atoms with Gasteiger partial charge in [0, 0.05) is 31.1 Å². The molecule has 2 saturated heterocycles. The first-order valence-corrected chi connectivity index (χ1v) is 24.5. The van der Waals surface area contributed by atoms with Crippen molar-refractivity contribution in [3.8, 4) is 5.75 Å². The number of rotatable bonds is 16. The number of nitrogens with one attached hydrogen (secondary N) is 7. The van der Waals surface area contributed by atoms with Gasteiger partial charge in [0.1, 0.15) is 48.0 Å². The highest BCUT2D eigenvalue weighted by atomic mass is 33.1. The van der Waals surface area contributed by atoms with Crippen LogP contribution in [0.4, 0.5) is 0 Å². The maximum atomic E-state index is 14.4. The lowest BCUT2D eigenvalue weighted by Gasteiger charge is -2.31. The number of carbonyl (C=O) groups is 10. The molecule has 372 valence electrons. The van der Waals surface area contributed by atoms with Crippen molar-refractivity contribution in [2.45, 2.75) is 121 Å². The van der Waals surface area contributed by atoms with E-state index in [1.165, 1.54) is 17.0 Å². The summed E-state index contributed by atoms with van der Waals surface area (Å²) in [7, 11) is 2.07. The molecule has 0 aliphatic carbocycles. The third-order valence-corrected chi connectivity index (χ3v) is 13.5. The number of hydrogen-bond acceptors (Lipinski definition) is 15. The van der Waals surface area contributed by atoms with E-state index >= 15 is 0 Å². The lowest BCUT2D eigenvalue weighted by molar-refractivity contribution is -0.142. The van der Waals surface area contributed by atoms with Gasteiger partial charge in [-0.3, -0.25) is 47.9 Å². The monoisotopic (exact) mass is 979 g/mol. The summed E-state index contributed by atoms with van der Waals surface area (Å²) in [4.78, 5) is 135. The Morgan fingerprint density at radius 3 is 2.04 bits per heavy atom. The van der Waals surface area contributed by atoms with E-state index in [1.54, 1.807) is 26.0 Å². The Bertz CT molecular complexity index is 1950. The van der Waals surface area contributed by atoms with Crippen molar-refractivity contribution in [2.75, 3.05) is 31.2 Å². The number of aromatic hydroxyl groups is 1. The zero-order valence-corrected chi connectivity index (χ0v) is 39.7. The Hall–Kier alpha value is -5.66. The van der Waals surface area contributed by atoms with Gasteiger partial charge in [0.05, 0.1) is 19.0 Å². The fraction of sp³-hybridized carbons (Fsp3) is 0.619. The molecule has 2 heterocycles. The molecule has 3 rings (SSSR count). The Morgan fingerprint density at radius 1 is 0.821 bits per heavy atom. The largest absolute Gasteiger partial charge is 0.508 e. The molecule has 9 atom stereocenters. The molecule has 0 bridgehead atoms. The van der Waals surface area contributed by atoms with Crippen LogP contribution in [0.15, 0.2) is 24.3 Å². The number of phenols is 1. The van der Waals surface area contributed by atoms with Crippen LogP contribution in [-0.2, 0) is 54.4 Å². The van der Waals surface area contributed by atoms with E-state index in [0.29, 0.717) is 18.4 Å². The second kappa shape index (κ2) is 27.2. The van der Waals surface area contributed by atoms with Gasteiger partial charge in [-0.25, -0.2) is 0 Å². The molecule has 0 aromatic heterocycles. The maximum Gasteiger partial charge on any atom is 0.246 e. The van der Waals surface area contributed by atoms with Gasteiger partial charge in [0.15, 0.2) is 0 Å². The lowest BCUT2D eigenvalue weighted by atomic mass is 9.96. The molecule has 2 aliphatic heterocycles. The van der Waals surface area contributed by atoms with E-state index in [4.69, 9.17) is 17.2 Å². The summed E-state index contributed by atoms with van der Waals surface area (Å²) < 4.78 is 0. The van der Waals surface area contributed by atoms with Crippen molar-refractivity contribution < 1.29 is 58.2 Å². The zero-order valence-electron chi connectivity index (χ0n) is 38.0. The fourth-order valence-electron chi connectivity index (χ4n) is 7.19. The highest BCUT2D eigenvalue weighted by Gasteiger charge is 2.41. The van der Waals surface area contributed by atoms with E-state index in [1.807, 2.05) is 13.8 Å². The standard InChI is InChI=1S/C42H65N11O12S2/c1-5-22(4)34-41(64)47-26(12-14-54)37(60)49-29(17-32(44)56)38(61)51-30(20-67-66-19-25(43)35(58)48-28(39(62)52-34)16-23-8-10-24(55)11-9-23)42(65)53-13-6-7-31(53)40(63)50-27(15-21(2)3)36(59)46-18-33(45)57/h8-11,21-22,25-31,34,54-55H,5-7,12-20,43H2,1-4H3,(H2,44,56)(H2,45,57)(H,46,59)(H,47,64)(H,48,58)(H,49,60)(H,50,63)(H,51,61)(H,52,62)/t22-,25-,26-,27-,28-,29-,30-,31-,34?/m0/s1. The van der Waals surface area contributed by atoms with Gasteiger partial charge in [0.2, 0.25) is 59.1 Å². The number of nitrogens with zero attached hydrogens (tertiary/aromatic N) is 1. The minimum atomic E-state index is -1.71. The van der Waals surface area contributed by atoms with Gasteiger partial charge in [-0.15, -0.1) is 0 Å². The van der Waals surface area contributed by atoms with E-state index in [0.717, 1.165) is 21.6 Å². The lowest BCUT2D eigenvalue weighted by Crippen LogP contribution is -2.61. The Labute approximate surface area is 396 Å². The molecule has 0 radical (unpaired) electrons. The molecule has 0 saturated carbocycles. The minimum Gasteiger partial charge on any atom is -0.508 e. The maximum absolute atomic E-state index is 14.4. The SMILES string of the molecule is CC[C@H](C)C1NC(=O)[C@H](Cc2ccc(O)cc2)NC(=O)[C@@H](N)CSSC[C@@H](C(=O)N2CCC[C@H]2C(=O)N[C@@H](CC(C)C)C(=O)NCC(N)=O)NC(=O)[C@H](CC(N)=O)NC(=O)[C@H](CCO)NC1=O. The number of aliphatic hydroxyl groups excluding tert-OH is 1. The van der Waals surface area contributed by atoms with Crippen LogP contribution in [0.25, 0.3) is 0 Å². The quantitative estimate of drug-likeness (QED) is 0.0716. The number of primary amides is 2. The summed E-state index contributed by atoms with van der Waals surface area (Å²) in [6.45, 7) is 6.04. The third kappa shape index (κ3) is 17.8. The topological polar surface area (TPSA) is 377 Å². The third-order valence-electron chi connectivity index (χ3n) is 11.0. The number of phenolic OH excluding ortho intramolecular Hbond substituents is 1. The minimum absolute atomic E-state index is 0.0361. The number of carbonyl (C=O) groups excluding carboxylic acids is 10. The molecule has 25 heteroatoms. The van der Waals surface area contributed by atoms with E-state index < -0.39 is 133 Å². The van der Waals surface area contributed by atoms with Gasteiger partial charge in [0.25, 0.3) is 0 Å². The van der Waals surface area contributed by atoms with Crippen LogP contribution in [0, 0.1) is 11.8 Å². The van der Waals surface area contributed by atoms with Crippen molar-refractivity contribution in [1.29, 1.82) is 0 Å². The first-order chi connectivity index (χ1) is 31.6. The normalized spacial score (nSPS) is 24.7. The predicted molar refractivity (Wildman–Crippen MR) is 248 cm³/mol. The molecule has 1 unspecified atom stereocenters. The van der Waals surface area contributed by atoms with Crippen LogP contribution in [0.1, 0.15) is 71.8 Å². The van der Waals surface area contributed by atoms with Crippen LogP contribution in [0.3, 0.4) is 0 Å². The summed E-state index contributed by atoms with van der Waals surface area (Å²) in [5, 5.41) is 37.6. The molecule has 2 fully saturated rings. The van der Waals surface area contributed by atoms with E-state index in [9.17, 15) is 58.2 Å². The average molecular weight is 980 g/mol. The van der Waals surface area contributed by atoms with Gasteiger partial charge < -0.3 is 69.5 Å². The Morgan fingerprint density at radius 2 is 1.43 bits per heavy atom. The summed E-state index contributed by atoms with van der Waals surface area (Å²) >= 11 is 0. The molecule has 0 spiro atoms. The number of likely N-dealkylation sites (tertiary alicyclic amines) is 1. The van der Waals surface area contributed by atoms with Crippen LogP contribution in [0.2, 0.25) is 0 Å². The van der Waals surface area contributed by atoms with Crippen molar-refractivity contribution in [3.63, 3.8) is 0 Å². The second-order valence-corrected chi connectivity index (χ2v) is 19.5. The van der Waals surface area contributed by atoms with Crippen molar-refractivity contribution in [3.05, 3.63) is 29.8 Å². The Balaban J connectivity index is 2.02. The van der Waals surface area contributed by atoms with Crippen molar-refractivity contribution >= 4 is 80.7 Å². The first kappa shape index (κ1) is 55.7.